The van der Waals surface area contributed by atoms with Gasteiger partial charge in [0.15, 0.2) is 0 Å². The number of aromatic nitrogens is 1. The Morgan fingerprint density at radius 2 is 1.86 bits per heavy atom. The van der Waals surface area contributed by atoms with Crippen LogP contribution in [0.15, 0.2) is 35.1 Å². The monoisotopic (exact) mass is 303 g/mol. The van der Waals surface area contributed by atoms with Gasteiger partial charge in [-0.3, -0.25) is 4.79 Å². The Kier molecular flexibility index (Phi) is 4.89. The van der Waals surface area contributed by atoms with Gasteiger partial charge in [-0.25, -0.2) is 0 Å². The zero-order valence-electron chi connectivity index (χ0n) is 13.1. The van der Waals surface area contributed by atoms with Gasteiger partial charge < -0.3 is 4.57 Å². The molecule has 0 aliphatic heterocycles. The third-order valence-electron chi connectivity index (χ3n) is 3.61. The van der Waals surface area contributed by atoms with Gasteiger partial charge in [0.05, 0.1) is 11.6 Å². The highest BCUT2D eigenvalue weighted by Gasteiger charge is 2.13. The highest BCUT2D eigenvalue weighted by Crippen LogP contribution is 2.24. The molecule has 21 heavy (non-hydrogen) atoms. The normalized spacial score (nSPS) is 11.1. The number of hydrogen-bond donors (Lipinski definition) is 0. The Bertz CT molecular complexity index is 701. The van der Waals surface area contributed by atoms with Crippen molar-refractivity contribution in [1.29, 1.82) is 0 Å². The lowest BCUT2D eigenvalue weighted by Gasteiger charge is -2.18. The van der Waals surface area contributed by atoms with Crippen LogP contribution in [0.3, 0.4) is 0 Å². The number of hydrogen-bond acceptors (Lipinski definition) is 1. The van der Waals surface area contributed by atoms with Gasteiger partial charge in [-0.2, -0.15) is 0 Å². The number of alkyl halides is 1. The lowest BCUT2D eigenvalue weighted by Crippen LogP contribution is -2.26. The topological polar surface area (TPSA) is 22.0 Å². The van der Waals surface area contributed by atoms with Crippen LogP contribution in [0.4, 0.5) is 0 Å². The molecule has 2 nitrogen and oxygen atoms in total. The van der Waals surface area contributed by atoms with Gasteiger partial charge in [0.2, 0.25) is 0 Å². The van der Waals surface area contributed by atoms with Gasteiger partial charge in [0, 0.05) is 17.7 Å². The summed E-state index contributed by atoms with van der Waals surface area (Å²) in [6.07, 6.45) is 0. The third-order valence-corrected chi connectivity index (χ3v) is 3.90. The summed E-state index contributed by atoms with van der Waals surface area (Å²) in [5.74, 6) is 0.654. The summed E-state index contributed by atoms with van der Waals surface area (Å²) in [5.41, 5.74) is 5.15. The second-order valence-electron chi connectivity index (χ2n) is 6.01. The first-order valence-corrected chi connectivity index (χ1v) is 7.83. The quantitative estimate of drug-likeness (QED) is 0.761. The highest BCUT2D eigenvalue weighted by molar-refractivity contribution is 6.17. The van der Waals surface area contributed by atoms with Gasteiger partial charge in [-0.1, -0.05) is 37.6 Å². The molecular formula is C18H22ClNO. The number of aryl methyl sites for hydroxylation is 2. The maximum absolute atomic E-state index is 12.6. The average Bonchev–Trinajstić information content (AvgIpc) is 2.43. The molecule has 0 saturated carbocycles. The Hall–Kier alpha value is -1.54. The van der Waals surface area contributed by atoms with Crippen LogP contribution in [0.2, 0.25) is 0 Å². The van der Waals surface area contributed by atoms with Crippen molar-refractivity contribution in [3.63, 3.8) is 0 Å². The summed E-state index contributed by atoms with van der Waals surface area (Å²) in [5, 5.41) is 0. The molecule has 0 aliphatic rings. The molecule has 0 atom stereocenters. The van der Waals surface area contributed by atoms with Crippen LogP contribution >= 0.6 is 11.6 Å². The van der Waals surface area contributed by atoms with Crippen molar-refractivity contribution in [3.8, 4) is 11.3 Å². The van der Waals surface area contributed by atoms with E-state index >= 15 is 0 Å². The van der Waals surface area contributed by atoms with Crippen LogP contribution in [0.1, 0.15) is 30.5 Å². The van der Waals surface area contributed by atoms with Gasteiger partial charge in [0.25, 0.3) is 5.56 Å². The third kappa shape index (κ3) is 3.38. The predicted molar refractivity (Wildman–Crippen MR) is 90.0 cm³/mol. The van der Waals surface area contributed by atoms with Crippen molar-refractivity contribution in [2.75, 3.05) is 0 Å². The SMILES string of the molecule is Cc1ccc(C)c(-c2ccc(CCl)c(=O)n2CC(C)C)c1. The fraction of sp³-hybridized carbons (Fsp3) is 0.389. The van der Waals surface area contributed by atoms with Crippen molar-refractivity contribution >= 4 is 11.6 Å². The molecule has 0 fully saturated rings. The van der Waals surface area contributed by atoms with E-state index in [9.17, 15) is 4.79 Å². The molecule has 0 amide bonds. The Morgan fingerprint density at radius 1 is 1.14 bits per heavy atom. The molecule has 0 unspecified atom stereocenters. The van der Waals surface area contributed by atoms with Crippen LogP contribution in [0.5, 0.6) is 0 Å². The molecular weight excluding hydrogens is 282 g/mol. The first-order valence-electron chi connectivity index (χ1n) is 7.30. The second kappa shape index (κ2) is 6.48. The standard InChI is InChI=1S/C18H22ClNO/c1-12(2)11-20-17(8-7-15(10-19)18(20)21)16-9-13(3)5-6-14(16)4/h5-9,12H,10-11H2,1-4H3. The molecule has 0 bridgehead atoms. The lowest BCUT2D eigenvalue weighted by atomic mass is 10.0. The Morgan fingerprint density at radius 3 is 2.48 bits per heavy atom. The zero-order chi connectivity index (χ0) is 15.6. The Balaban J connectivity index is 2.70. The fourth-order valence-electron chi connectivity index (χ4n) is 2.52. The maximum Gasteiger partial charge on any atom is 0.255 e. The van der Waals surface area contributed by atoms with E-state index in [-0.39, 0.29) is 11.4 Å². The van der Waals surface area contributed by atoms with Crippen molar-refractivity contribution < 1.29 is 0 Å². The number of nitrogens with zero attached hydrogens (tertiary/aromatic N) is 1. The van der Waals surface area contributed by atoms with E-state index < -0.39 is 0 Å². The van der Waals surface area contributed by atoms with E-state index in [1.165, 1.54) is 11.1 Å². The molecule has 0 N–H and O–H groups in total. The molecule has 0 spiro atoms. The summed E-state index contributed by atoms with van der Waals surface area (Å²) in [6, 6.07) is 10.2. The van der Waals surface area contributed by atoms with Gasteiger partial charge >= 0.3 is 0 Å². The van der Waals surface area contributed by atoms with Crippen molar-refractivity contribution in [2.24, 2.45) is 5.92 Å². The molecule has 1 aromatic heterocycles. The first-order chi connectivity index (χ1) is 9.93. The molecule has 1 heterocycles. The fourth-order valence-corrected chi connectivity index (χ4v) is 2.72. The summed E-state index contributed by atoms with van der Waals surface area (Å²) < 4.78 is 1.87. The highest BCUT2D eigenvalue weighted by atomic mass is 35.5. The van der Waals surface area contributed by atoms with Crippen molar-refractivity contribution in [2.45, 2.75) is 40.1 Å². The van der Waals surface area contributed by atoms with E-state index in [0.29, 0.717) is 18.0 Å². The molecule has 1 aromatic carbocycles. The van der Waals surface area contributed by atoms with Gasteiger partial charge in [-0.15, -0.1) is 11.6 Å². The largest absolute Gasteiger partial charge is 0.308 e. The van der Waals surface area contributed by atoms with Crippen molar-refractivity contribution in [1.82, 2.24) is 4.57 Å². The zero-order valence-corrected chi connectivity index (χ0v) is 13.9. The average molecular weight is 304 g/mol. The Labute approximate surface area is 131 Å². The first kappa shape index (κ1) is 15.8. The maximum atomic E-state index is 12.6. The van der Waals surface area contributed by atoms with E-state index in [1.807, 2.05) is 16.7 Å². The molecule has 3 heteroatoms. The molecule has 0 aliphatic carbocycles. The summed E-state index contributed by atoms with van der Waals surface area (Å²) in [6.45, 7) is 9.08. The van der Waals surface area contributed by atoms with Crippen LogP contribution < -0.4 is 5.56 Å². The molecule has 2 aromatic rings. The minimum absolute atomic E-state index is 0.0251. The molecule has 0 saturated heterocycles. The number of rotatable bonds is 4. The minimum Gasteiger partial charge on any atom is -0.308 e. The molecule has 0 radical (unpaired) electrons. The number of pyridine rings is 1. The van der Waals surface area contributed by atoms with Crippen LogP contribution in [-0.4, -0.2) is 4.57 Å². The van der Waals surface area contributed by atoms with Crippen molar-refractivity contribution in [3.05, 3.63) is 57.4 Å². The van der Waals surface area contributed by atoms with Crippen LogP contribution in [0.25, 0.3) is 11.3 Å². The van der Waals surface area contributed by atoms with E-state index in [0.717, 1.165) is 11.3 Å². The summed E-state index contributed by atoms with van der Waals surface area (Å²) >= 11 is 5.88. The molecule has 2 rings (SSSR count). The number of benzene rings is 1. The second-order valence-corrected chi connectivity index (χ2v) is 6.27. The molecule has 112 valence electrons. The predicted octanol–water partition coefficient (Wildman–Crippen LogP) is 4.53. The van der Waals surface area contributed by atoms with Gasteiger partial charge in [-0.05, 0) is 37.5 Å². The van der Waals surface area contributed by atoms with E-state index in [4.69, 9.17) is 11.6 Å². The number of halogens is 1. The summed E-state index contributed by atoms with van der Waals surface area (Å²) in [4.78, 5) is 12.6. The smallest absolute Gasteiger partial charge is 0.255 e. The van der Waals surface area contributed by atoms with Gasteiger partial charge in [0.1, 0.15) is 0 Å². The lowest BCUT2D eigenvalue weighted by molar-refractivity contribution is 0.513. The minimum atomic E-state index is 0.0251. The summed E-state index contributed by atoms with van der Waals surface area (Å²) in [7, 11) is 0. The van der Waals surface area contributed by atoms with Crippen LogP contribution in [-0.2, 0) is 12.4 Å². The van der Waals surface area contributed by atoms with E-state index in [2.05, 4.69) is 45.9 Å². The van der Waals surface area contributed by atoms with E-state index in [1.54, 1.807) is 0 Å². The van der Waals surface area contributed by atoms with Crippen LogP contribution in [0, 0.1) is 19.8 Å².